The van der Waals surface area contributed by atoms with Gasteiger partial charge in [0.2, 0.25) is 0 Å². The summed E-state index contributed by atoms with van der Waals surface area (Å²) in [6.45, 7) is 3.14. The van der Waals surface area contributed by atoms with Gasteiger partial charge in [-0.1, -0.05) is 12.1 Å². The second-order valence-electron chi connectivity index (χ2n) is 7.41. The van der Waals surface area contributed by atoms with Crippen molar-refractivity contribution < 1.29 is 33.8 Å². The number of rotatable bonds is 8. The van der Waals surface area contributed by atoms with Gasteiger partial charge in [-0.05, 0) is 98.9 Å². The minimum atomic E-state index is -0.998. The molecule has 0 saturated carbocycles. The number of amides is 2. The van der Waals surface area contributed by atoms with Crippen LogP contribution in [0.2, 0.25) is 0 Å². The molecular weight excluding hydrogens is 594 g/mol. The molecule has 8 nitrogen and oxygen atoms in total. The summed E-state index contributed by atoms with van der Waals surface area (Å²) >= 11 is 7.66. The molecule has 0 unspecified atom stereocenters. The SMILES string of the molecule is CC(C)OC(=O)CN1C(=O)S/C(=C/c2cc(Br)c(OCc3ccc(C(=O)O)cc3)c(Br)c2)C1=O. The molecule has 34 heavy (non-hydrogen) atoms. The van der Waals surface area contributed by atoms with Crippen LogP contribution in [0.25, 0.3) is 6.08 Å². The number of hydrogen-bond donors (Lipinski definition) is 1. The van der Waals surface area contributed by atoms with Crippen LogP contribution in [-0.4, -0.2) is 45.7 Å². The van der Waals surface area contributed by atoms with Crippen LogP contribution < -0.4 is 4.74 Å². The highest BCUT2D eigenvalue weighted by molar-refractivity contribution is 9.11. The zero-order valence-corrected chi connectivity index (χ0v) is 22.0. The predicted octanol–water partition coefficient (Wildman–Crippen LogP) is 5.48. The number of carbonyl (C=O) groups excluding carboxylic acids is 3. The molecule has 3 rings (SSSR count). The summed E-state index contributed by atoms with van der Waals surface area (Å²) in [7, 11) is 0. The van der Waals surface area contributed by atoms with Crippen molar-refractivity contribution in [2.45, 2.75) is 26.6 Å². The molecule has 0 spiro atoms. The highest BCUT2D eigenvalue weighted by Gasteiger charge is 2.36. The molecule has 1 heterocycles. The number of nitrogens with zero attached hydrogens (tertiary/aromatic N) is 1. The van der Waals surface area contributed by atoms with Crippen LogP contribution in [0.15, 0.2) is 50.2 Å². The first-order valence-corrected chi connectivity index (χ1v) is 12.3. The average molecular weight is 613 g/mol. The number of carboxylic acids is 1. The predicted molar refractivity (Wildman–Crippen MR) is 133 cm³/mol. The first kappa shape index (κ1) is 26.0. The maximum absolute atomic E-state index is 12.6. The molecule has 0 radical (unpaired) electrons. The van der Waals surface area contributed by atoms with Crippen molar-refractivity contribution >= 4 is 72.8 Å². The number of halogens is 2. The highest BCUT2D eigenvalue weighted by atomic mass is 79.9. The lowest BCUT2D eigenvalue weighted by Gasteiger charge is -2.13. The van der Waals surface area contributed by atoms with Crippen LogP contribution >= 0.6 is 43.6 Å². The lowest BCUT2D eigenvalue weighted by atomic mass is 10.1. The van der Waals surface area contributed by atoms with Gasteiger partial charge >= 0.3 is 11.9 Å². The third-order valence-electron chi connectivity index (χ3n) is 4.43. The summed E-state index contributed by atoms with van der Waals surface area (Å²) < 4.78 is 12.1. The molecule has 2 amide bonds. The zero-order valence-electron chi connectivity index (χ0n) is 18.0. The van der Waals surface area contributed by atoms with Gasteiger partial charge in [-0.2, -0.15) is 0 Å². The van der Waals surface area contributed by atoms with Crippen LogP contribution in [-0.2, 0) is 20.9 Å². The molecule has 0 aliphatic carbocycles. The summed E-state index contributed by atoms with van der Waals surface area (Å²) in [5, 5.41) is 8.45. The Hall–Kier alpha value is -2.63. The van der Waals surface area contributed by atoms with Gasteiger partial charge in [-0.25, -0.2) is 4.79 Å². The molecule has 1 N–H and O–H groups in total. The first-order valence-electron chi connectivity index (χ1n) is 9.94. The van der Waals surface area contributed by atoms with Crippen molar-refractivity contribution in [3.05, 3.63) is 66.9 Å². The van der Waals surface area contributed by atoms with Gasteiger partial charge in [0, 0.05) is 0 Å². The van der Waals surface area contributed by atoms with Gasteiger partial charge in [-0.15, -0.1) is 0 Å². The third-order valence-corrected chi connectivity index (χ3v) is 6.52. The summed E-state index contributed by atoms with van der Waals surface area (Å²) in [5.41, 5.74) is 1.61. The number of esters is 1. The fraction of sp³-hybridized carbons (Fsp3) is 0.217. The summed E-state index contributed by atoms with van der Waals surface area (Å²) in [4.78, 5) is 48.7. The normalized spacial score (nSPS) is 14.7. The number of carbonyl (C=O) groups is 4. The summed E-state index contributed by atoms with van der Waals surface area (Å²) in [5.74, 6) is -1.69. The Kier molecular flexibility index (Phi) is 8.56. The minimum absolute atomic E-state index is 0.188. The number of hydrogen-bond acceptors (Lipinski definition) is 7. The van der Waals surface area contributed by atoms with E-state index in [9.17, 15) is 19.2 Å². The van der Waals surface area contributed by atoms with E-state index in [4.69, 9.17) is 14.6 Å². The molecule has 2 aromatic carbocycles. The lowest BCUT2D eigenvalue weighted by molar-refractivity contribution is -0.149. The van der Waals surface area contributed by atoms with E-state index in [0.717, 1.165) is 22.2 Å². The number of carboxylic acid groups (broad SMARTS) is 1. The fourth-order valence-electron chi connectivity index (χ4n) is 2.92. The number of imide groups is 1. The van der Waals surface area contributed by atoms with Gasteiger partial charge < -0.3 is 14.6 Å². The van der Waals surface area contributed by atoms with Gasteiger partial charge in [-0.3, -0.25) is 19.3 Å². The van der Waals surface area contributed by atoms with Crippen molar-refractivity contribution in [3.63, 3.8) is 0 Å². The second-order valence-corrected chi connectivity index (χ2v) is 10.1. The Balaban J connectivity index is 1.71. The molecule has 1 fully saturated rings. The van der Waals surface area contributed by atoms with Crippen molar-refractivity contribution in [2.75, 3.05) is 6.54 Å². The molecular formula is C23H19Br2NO7S. The van der Waals surface area contributed by atoms with E-state index < -0.39 is 29.6 Å². The molecule has 0 atom stereocenters. The van der Waals surface area contributed by atoms with E-state index in [0.29, 0.717) is 20.3 Å². The van der Waals surface area contributed by atoms with E-state index >= 15 is 0 Å². The standard InChI is InChI=1S/C23H19Br2NO7S/c1-12(2)33-19(27)10-26-21(28)18(34-23(26)31)9-14-7-16(24)20(17(25)8-14)32-11-13-3-5-15(6-4-13)22(29)30/h3-9,12H,10-11H2,1-2H3,(H,29,30)/b18-9+. The molecule has 1 aliphatic heterocycles. The Morgan fingerprint density at radius 1 is 1.12 bits per heavy atom. The number of aromatic carboxylic acids is 1. The van der Waals surface area contributed by atoms with Gasteiger partial charge in [0.25, 0.3) is 11.1 Å². The number of thioether (sulfide) groups is 1. The molecule has 1 saturated heterocycles. The Morgan fingerprint density at radius 2 is 1.74 bits per heavy atom. The quantitative estimate of drug-likeness (QED) is 0.308. The third kappa shape index (κ3) is 6.49. The lowest BCUT2D eigenvalue weighted by Crippen LogP contribution is -2.35. The molecule has 11 heteroatoms. The maximum Gasteiger partial charge on any atom is 0.335 e. The minimum Gasteiger partial charge on any atom is -0.487 e. The molecule has 1 aliphatic rings. The number of benzene rings is 2. The van der Waals surface area contributed by atoms with Gasteiger partial charge in [0.05, 0.1) is 25.5 Å². The van der Waals surface area contributed by atoms with Crippen molar-refractivity contribution in [1.82, 2.24) is 4.90 Å². The molecule has 178 valence electrons. The van der Waals surface area contributed by atoms with E-state index in [-0.39, 0.29) is 23.2 Å². The van der Waals surface area contributed by atoms with Crippen molar-refractivity contribution in [3.8, 4) is 5.75 Å². The monoisotopic (exact) mass is 611 g/mol. The van der Waals surface area contributed by atoms with E-state index in [1.807, 2.05) is 0 Å². The molecule has 0 bridgehead atoms. The van der Waals surface area contributed by atoms with Crippen molar-refractivity contribution in [2.24, 2.45) is 0 Å². The zero-order chi connectivity index (χ0) is 25.0. The van der Waals surface area contributed by atoms with E-state index in [1.165, 1.54) is 12.1 Å². The summed E-state index contributed by atoms with van der Waals surface area (Å²) in [6.07, 6.45) is 1.21. The fourth-order valence-corrected chi connectivity index (χ4v) is 5.21. The Labute approximate surface area is 216 Å². The van der Waals surface area contributed by atoms with E-state index in [2.05, 4.69) is 31.9 Å². The van der Waals surface area contributed by atoms with Crippen LogP contribution in [0.3, 0.4) is 0 Å². The summed E-state index contributed by atoms with van der Waals surface area (Å²) in [6, 6.07) is 9.82. The number of ether oxygens (including phenoxy) is 2. The molecule has 2 aromatic rings. The molecule has 0 aromatic heterocycles. The van der Waals surface area contributed by atoms with Gasteiger partial charge in [0.1, 0.15) is 18.9 Å². The maximum atomic E-state index is 12.6. The smallest absolute Gasteiger partial charge is 0.335 e. The Bertz CT molecular complexity index is 1160. The van der Waals surface area contributed by atoms with Crippen LogP contribution in [0.4, 0.5) is 4.79 Å². The topological polar surface area (TPSA) is 110 Å². The Morgan fingerprint density at radius 3 is 2.29 bits per heavy atom. The average Bonchev–Trinajstić information content (AvgIpc) is 3.00. The van der Waals surface area contributed by atoms with Crippen LogP contribution in [0.5, 0.6) is 5.75 Å². The second kappa shape index (κ2) is 11.2. The van der Waals surface area contributed by atoms with Gasteiger partial charge in [0.15, 0.2) is 0 Å². The van der Waals surface area contributed by atoms with Crippen molar-refractivity contribution in [1.29, 1.82) is 0 Å². The van der Waals surface area contributed by atoms with Crippen LogP contribution in [0.1, 0.15) is 35.3 Å². The highest BCUT2D eigenvalue weighted by Crippen LogP contribution is 2.38. The largest absolute Gasteiger partial charge is 0.487 e. The van der Waals surface area contributed by atoms with E-state index in [1.54, 1.807) is 44.2 Å². The first-order chi connectivity index (χ1) is 16.0. The van der Waals surface area contributed by atoms with Crippen LogP contribution in [0, 0.1) is 0 Å².